The van der Waals surface area contributed by atoms with Crippen molar-refractivity contribution < 1.29 is 24.9 Å². The Morgan fingerprint density at radius 3 is 1.50 bits per heavy atom. The maximum absolute atomic E-state index is 8.92. The lowest BCUT2D eigenvalue weighted by Crippen LogP contribution is -2.29. The standard InChI is InChI=1S/C6H14O2.H3O3P/c1-5(8)6(2,3)4-7;1-4(2)3/h5,7-8H,4H2,1-3H3;1-3H. The lowest BCUT2D eigenvalue weighted by molar-refractivity contribution is 0.0202. The summed E-state index contributed by atoms with van der Waals surface area (Å²) < 4.78 is 0. The number of hydrogen-bond acceptors (Lipinski definition) is 5. The van der Waals surface area contributed by atoms with Gasteiger partial charge >= 0.3 is 8.60 Å². The topological polar surface area (TPSA) is 101 Å². The number of aliphatic hydroxyl groups excluding tert-OH is 2. The second-order valence-corrected chi connectivity index (χ2v) is 3.63. The summed E-state index contributed by atoms with van der Waals surface area (Å²) in [6, 6.07) is 0. The van der Waals surface area contributed by atoms with E-state index in [-0.39, 0.29) is 12.0 Å². The molecule has 5 N–H and O–H groups in total. The Hall–Kier alpha value is 0.230. The van der Waals surface area contributed by atoms with Crippen LogP contribution in [0.4, 0.5) is 0 Å². The summed E-state index contributed by atoms with van der Waals surface area (Å²) in [6.45, 7) is 5.34. The minimum atomic E-state index is -2.62. The summed E-state index contributed by atoms with van der Waals surface area (Å²) in [4.78, 5) is 21.7. The minimum absolute atomic E-state index is 0.0324. The highest BCUT2D eigenvalue weighted by Gasteiger charge is 2.22. The normalized spacial score (nSPS) is 13.8. The fourth-order valence-corrected chi connectivity index (χ4v) is 0.132. The van der Waals surface area contributed by atoms with Crippen molar-refractivity contribution in [2.45, 2.75) is 26.9 Å². The molecule has 0 fully saturated rings. The van der Waals surface area contributed by atoms with E-state index in [1.165, 1.54) is 0 Å². The molecule has 12 heavy (non-hydrogen) atoms. The molecule has 0 aromatic heterocycles. The van der Waals surface area contributed by atoms with E-state index in [1.807, 2.05) is 13.8 Å². The predicted octanol–water partition coefficient (Wildman–Crippen LogP) is -0.424. The van der Waals surface area contributed by atoms with Crippen LogP contribution in [0.5, 0.6) is 0 Å². The van der Waals surface area contributed by atoms with E-state index in [2.05, 4.69) is 0 Å². The van der Waals surface area contributed by atoms with E-state index in [0.29, 0.717) is 0 Å². The Kier molecular flexibility index (Phi) is 8.25. The molecule has 0 rings (SSSR count). The van der Waals surface area contributed by atoms with Crippen molar-refractivity contribution in [3.8, 4) is 0 Å². The first kappa shape index (κ1) is 14.7. The molecule has 0 radical (unpaired) electrons. The van der Waals surface area contributed by atoms with Gasteiger partial charge in [0.15, 0.2) is 0 Å². The molecule has 0 aliphatic rings. The maximum atomic E-state index is 8.92. The molecular weight excluding hydrogens is 183 g/mol. The average Bonchev–Trinajstić information content (AvgIpc) is 1.86. The largest absolute Gasteiger partial charge is 0.396 e. The zero-order chi connectivity index (χ0) is 10.4. The third kappa shape index (κ3) is 10.2. The van der Waals surface area contributed by atoms with Crippen LogP contribution < -0.4 is 0 Å². The Morgan fingerprint density at radius 1 is 1.25 bits per heavy atom. The number of hydrogen-bond donors (Lipinski definition) is 5. The molecular formula is C6H17O5P. The van der Waals surface area contributed by atoms with Gasteiger partial charge in [0.2, 0.25) is 0 Å². The van der Waals surface area contributed by atoms with Gasteiger partial charge in [-0.1, -0.05) is 13.8 Å². The van der Waals surface area contributed by atoms with Gasteiger partial charge in [-0.15, -0.1) is 0 Å². The van der Waals surface area contributed by atoms with Crippen LogP contribution in [-0.2, 0) is 0 Å². The summed E-state index contributed by atoms with van der Waals surface area (Å²) in [5.41, 5.74) is -0.347. The third-order valence-electron chi connectivity index (χ3n) is 1.54. The van der Waals surface area contributed by atoms with Gasteiger partial charge in [-0.25, -0.2) is 0 Å². The Morgan fingerprint density at radius 2 is 1.50 bits per heavy atom. The van der Waals surface area contributed by atoms with Gasteiger partial charge in [0, 0.05) is 5.41 Å². The minimum Gasteiger partial charge on any atom is -0.396 e. The van der Waals surface area contributed by atoms with Gasteiger partial charge in [0.1, 0.15) is 0 Å². The van der Waals surface area contributed by atoms with Gasteiger partial charge < -0.3 is 24.9 Å². The molecule has 0 spiro atoms. The molecule has 0 amide bonds. The first-order valence-electron chi connectivity index (χ1n) is 3.39. The highest BCUT2D eigenvalue weighted by atomic mass is 31.2. The summed E-state index contributed by atoms with van der Waals surface area (Å²) in [5, 5.41) is 17.5. The SMILES string of the molecule is CC(O)C(C)(C)CO.OP(O)O. The van der Waals surface area contributed by atoms with Crippen molar-refractivity contribution in [1.29, 1.82) is 0 Å². The average molecular weight is 200 g/mol. The number of aliphatic hydroxyl groups is 2. The molecule has 0 aromatic carbocycles. The molecule has 5 nitrogen and oxygen atoms in total. The molecule has 0 saturated carbocycles. The Bertz CT molecular complexity index is 101. The van der Waals surface area contributed by atoms with Crippen molar-refractivity contribution >= 4 is 8.60 Å². The van der Waals surface area contributed by atoms with Gasteiger partial charge in [-0.2, -0.15) is 0 Å². The van der Waals surface area contributed by atoms with E-state index >= 15 is 0 Å². The van der Waals surface area contributed by atoms with Crippen LogP contribution in [0.2, 0.25) is 0 Å². The van der Waals surface area contributed by atoms with Crippen LogP contribution in [0, 0.1) is 5.41 Å². The third-order valence-corrected chi connectivity index (χ3v) is 1.54. The van der Waals surface area contributed by atoms with Crippen molar-refractivity contribution in [3.05, 3.63) is 0 Å². The smallest absolute Gasteiger partial charge is 0.324 e. The molecule has 6 heteroatoms. The van der Waals surface area contributed by atoms with Crippen LogP contribution in [0.15, 0.2) is 0 Å². The zero-order valence-electron chi connectivity index (χ0n) is 7.47. The summed E-state index contributed by atoms with van der Waals surface area (Å²) in [7, 11) is -2.62. The molecule has 0 aliphatic carbocycles. The quantitative estimate of drug-likeness (QED) is 0.389. The van der Waals surface area contributed by atoms with E-state index in [4.69, 9.17) is 24.9 Å². The first-order valence-corrected chi connectivity index (χ1v) is 4.59. The zero-order valence-corrected chi connectivity index (χ0v) is 8.36. The van der Waals surface area contributed by atoms with Crippen LogP contribution in [0.25, 0.3) is 0 Å². The molecule has 0 saturated heterocycles. The van der Waals surface area contributed by atoms with E-state index < -0.39 is 14.7 Å². The summed E-state index contributed by atoms with van der Waals surface area (Å²) >= 11 is 0. The second kappa shape index (κ2) is 6.71. The summed E-state index contributed by atoms with van der Waals surface area (Å²) in [6.07, 6.45) is -0.438. The Balaban J connectivity index is 0. The van der Waals surface area contributed by atoms with E-state index in [1.54, 1.807) is 6.92 Å². The molecule has 0 aromatic rings. The molecule has 0 bridgehead atoms. The van der Waals surface area contributed by atoms with Crippen molar-refractivity contribution in [1.82, 2.24) is 0 Å². The van der Waals surface area contributed by atoms with Crippen molar-refractivity contribution in [2.75, 3.05) is 6.61 Å². The van der Waals surface area contributed by atoms with E-state index in [0.717, 1.165) is 0 Å². The Labute approximate surface area is 73.3 Å². The monoisotopic (exact) mass is 200 g/mol. The van der Waals surface area contributed by atoms with Crippen molar-refractivity contribution in [2.24, 2.45) is 5.41 Å². The van der Waals surface area contributed by atoms with Gasteiger partial charge in [-0.3, -0.25) is 0 Å². The van der Waals surface area contributed by atoms with Crippen LogP contribution >= 0.6 is 8.60 Å². The van der Waals surface area contributed by atoms with Crippen molar-refractivity contribution in [3.63, 3.8) is 0 Å². The first-order chi connectivity index (χ1) is 5.24. The fraction of sp³-hybridized carbons (Fsp3) is 1.00. The molecule has 0 aliphatic heterocycles. The molecule has 1 unspecified atom stereocenters. The summed E-state index contributed by atoms with van der Waals surface area (Å²) in [5.74, 6) is 0. The number of rotatable bonds is 2. The van der Waals surface area contributed by atoms with Crippen LogP contribution in [0.1, 0.15) is 20.8 Å². The van der Waals surface area contributed by atoms with E-state index in [9.17, 15) is 0 Å². The molecule has 1 atom stereocenters. The lowest BCUT2D eigenvalue weighted by atomic mass is 9.89. The molecule has 0 heterocycles. The van der Waals surface area contributed by atoms with Gasteiger partial charge in [0.05, 0.1) is 12.7 Å². The highest BCUT2D eigenvalue weighted by molar-refractivity contribution is 7.38. The maximum Gasteiger partial charge on any atom is 0.324 e. The molecule has 76 valence electrons. The fourth-order valence-electron chi connectivity index (χ4n) is 0.132. The highest BCUT2D eigenvalue weighted by Crippen LogP contribution is 2.18. The lowest BCUT2D eigenvalue weighted by Gasteiger charge is -2.24. The van der Waals surface area contributed by atoms with Gasteiger partial charge in [-0.05, 0) is 6.92 Å². The van der Waals surface area contributed by atoms with Crippen LogP contribution in [-0.4, -0.2) is 37.6 Å². The second-order valence-electron chi connectivity index (χ2n) is 3.09. The predicted molar refractivity (Wildman–Crippen MR) is 46.1 cm³/mol. The van der Waals surface area contributed by atoms with Gasteiger partial charge in [0.25, 0.3) is 0 Å². The van der Waals surface area contributed by atoms with Crippen LogP contribution in [0.3, 0.4) is 0 Å².